The molecule has 8 nitrogen and oxygen atoms in total. The van der Waals surface area contributed by atoms with Gasteiger partial charge < -0.3 is 19.9 Å². The fourth-order valence-electron chi connectivity index (χ4n) is 4.09. The van der Waals surface area contributed by atoms with Gasteiger partial charge in [0, 0.05) is 33.5 Å². The molecular formula is C21H34FN3O5. The number of ether oxygens (including phenoxy) is 1. The maximum Gasteiger partial charge on any atom is 0.408 e. The number of hydrogen-bond donors (Lipinski definition) is 1. The van der Waals surface area contributed by atoms with Crippen molar-refractivity contribution in [1.82, 2.24) is 15.1 Å². The number of rotatable bonds is 5. The SMILES string of the molecule is CN(C)C(=O)[C@@H](C1CCC(=O)CC1)C(NC(=O)OC(C)(C)C)C(=O)N1CC[C@H](F)C1. The number of likely N-dealkylation sites (tertiary alicyclic amines) is 1. The summed E-state index contributed by atoms with van der Waals surface area (Å²) in [6.07, 6.45) is -0.0818. The molecule has 2 rings (SSSR count). The molecule has 2 fully saturated rings. The monoisotopic (exact) mass is 427 g/mol. The average molecular weight is 428 g/mol. The number of nitrogens with zero attached hydrogens (tertiary/aromatic N) is 2. The number of alkyl carbamates (subject to hydrolysis) is 1. The number of alkyl halides is 1. The molecule has 0 radical (unpaired) electrons. The fourth-order valence-corrected chi connectivity index (χ4v) is 4.09. The highest BCUT2D eigenvalue weighted by Gasteiger charge is 2.45. The molecule has 1 aliphatic carbocycles. The average Bonchev–Trinajstić information content (AvgIpc) is 3.06. The van der Waals surface area contributed by atoms with Gasteiger partial charge in [0.05, 0.1) is 12.5 Å². The predicted molar refractivity (Wildman–Crippen MR) is 108 cm³/mol. The van der Waals surface area contributed by atoms with Crippen molar-refractivity contribution >= 4 is 23.7 Å². The standard InChI is InChI=1S/C21H34FN3O5/c1-21(2,3)30-20(29)23-17(19(28)25-11-10-14(22)12-25)16(18(27)24(4)5)13-6-8-15(26)9-7-13/h13-14,16-17H,6-12H2,1-5H3,(H,23,29)/t14-,16-,17?/m0/s1. The lowest BCUT2D eigenvalue weighted by molar-refractivity contribution is -0.145. The van der Waals surface area contributed by atoms with E-state index in [1.165, 1.54) is 9.80 Å². The number of amides is 3. The molecule has 9 heteroatoms. The van der Waals surface area contributed by atoms with Crippen LogP contribution >= 0.6 is 0 Å². The molecule has 1 saturated heterocycles. The smallest absolute Gasteiger partial charge is 0.408 e. The first-order valence-electron chi connectivity index (χ1n) is 10.5. The molecule has 170 valence electrons. The molecule has 1 unspecified atom stereocenters. The van der Waals surface area contributed by atoms with Crippen LogP contribution in [0.25, 0.3) is 0 Å². The van der Waals surface area contributed by atoms with Crippen LogP contribution in [-0.4, -0.2) is 78.5 Å². The molecule has 1 N–H and O–H groups in total. The summed E-state index contributed by atoms with van der Waals surface area (Å²) in [6, 6.07) is -1.18. The number of nitrogens with one attached hydrogen (secondary N) is 1. The predicted octanol–water partition coefficient (Wildman–Crippen LogP) is 1.91. The summed E-state index contributed by atoms with van der Waals surface area (Å²) < 4.78 is 19.1. The van der Waals surface area contributed by atoms with Gasteiger partial charge >= 0.3 is 6.09 Å². The normalized spacial score (nSPS) is 22.4. The number of halogens is 1. The van der Waals surface area contributed by atoms with Gasteiger partial charge in [-0.15, -0.1) is 0 Å². The summed E-state index contributed by atoms with van der Waals surface area (Å²) in [6.45, 7) is 5.28. The quantitative estimate of drug-likeness (QED) is 0.723. The molecule has 0 bridgehead atoms. The van der Waals surface area contributed by atoms with Crippen LogP contribution in [0.4, 0.5) is 9.18 Å². The number of ketones is 1. The largest absolute Gasteiger partial charge is 0.444 e. The van der Waals surface area contributed by atoms with Crippen LogP contribution in [0.3, 0.4) is 0 Å². The van der Waals surface area contributed by atoms with Gasteiger partial charge in [-0.25, -0.2) is 9.18 Å². The van der Waals surface area contributed by atoms with Crippen molar-refractivity contribution in [3.05, 3.63) is 0 Å². The Morgan fingerprint density at radius 2 is 1.77 bits per heavy atom. The Balaban J connectivity index is 2.35. The minimum Gasteiger partial charge on any atom is -0.444 e. The van der Waals surface area contributed by atoms with E-state index in [-0.39, 0.29) is 37.1 Å². The van der Waals surface area contributed by atoms with Crippen LogP contribution in [0.5, 0.6) is 0 Å². The van der Waals surface area contributed by atoms with Gasteiger partial charge in [-0.2, -0.15) is 0 Å². The lowest BCUT2D eigenvalue weighted by Crippen LogP contribution is -2.58. The van der Waals surface area contributed by atoms with Gasteiger partial charge in [0.25, 0.3) is 0 Å². The van der Waals surface area contributed by atoms with Gasteiger partial charge in [-0.1, -0.05) is 0 Å². The third-order valence-corrected chi connectivity index (χ3v) is 5.56. The van der Waals surface area contributed by atoms with E-state index in [1.807, 2.05) is 0 Å². The van der Waals surface area contributed by atoms with Gasteiger partial charge in [0.15, 0.2) is 0 Å². The zero-order valence-corrected chi connectivity index (χ0v) is 18.6. The highest BCUT2D eigenvalue weighted by molar-refractivity contribution is 5.93. The van der Waals surface area contributed by atoms with Crippen molar-refractivity contribution < 1.29 is 28.3 Å². The maximum absolute atomic E-state index is 13.7. The van der Waals surface area contributed by atoms with Crippen LogP contribution in [-0.2, 0) is 19.1 Å². The van der Waals surface area contributed by atoms with E-state index < -0.39 is 35.7 Å². The van der Waals surface area contributed by atoms with Crippen molar-refractivity contribution in [2.75, 3.05) is 27.2 Å². The van der Waals surface area contributed by atoms with E-state index in [0.717, 1.165) is 0 Å². The zero-order valence-electron chi connectivity index (χ0n) is 18.6. The van der Waals surface area contributed by atoms with E-state index in [0.29, 0.717) is 25.7 Å². The van der Waals surface area contributed by atoms with Crippen molar-refractivity contribution in [3.8, 4) is 0 Å². The Hall–Kier alpha value is -2.19. The van der Waals surface area contributed by atoms with Crippen molar-refractivity contribution in [3.63, 3.8) is 0 Å². The van der Waals surface area contributed by atoms with E-state index in [9.17, 15) is 23.6 Å². The Labute approximate surface area is 177 Å². The summed E-state index contributed by atoms with van der Waals surface area (Å²) >= 11 is 0. The van der Waals surface area contributed by atoms with Crippen molar-refractivity contribution in [2.45, 2.75) is 70.7 Å². The lowest BCUT2D eigenvalue weighted by atomic mass is 9.75. The van der Waals surface area contributed by atoms with Crippen LogP contribution in [0.2, 0.25) is 0 Å². The highest BCUT2D eigenvalue weighted by atomic mass is 19.1. The fraction of sp³-hybridized carbons (Fsp3) is 0.810. The molecule has 0 aromatic rings. The molecule has 1 heterocycles. The topological polar surface area (TPSA) is 96.0 Å². The van der Waals surface area contributed by atoms with Crippen molar-refractivity contribution in [2.24, 2.45) is 11.8 Å². The second kappa shape index (κ2) is 9.75. The van der Waals surface area contributed by atoms with Gasteiger partial charge in [0.2, 0.25) is 11.8 Å². The first-order chi connectivity index (χ1) is 13.9. The molecule has 1 saturated carbocycles. The summed E-state index contributed by atoms with van der Waals surface area (Å²) in [5.41, 5.74) is -0.784. The van der Waals surface area contributed by atoms with Crippen molar-refractivity contribution in [1.29, 1.82) is 0 Å². The van der Waals surface area contributed by atoms with Crippen LogP contribution in [0.15, 0.2) is 0 Å². The first-order valence-corrected chi connectivity index (χ1v) is 10.5. The number of carbonyl (C=O) groups excluding carboxylic acids is 4. The molecule has 2 aliphatic rings. The highest BCUT2D eigenvalue weighted by Crippen LogP contribution is 2.33. The molecule has 0 spiro atoms. The summed E-state index contributed by atoms with van der Waals surface area (Å²) in [5, 5.41) is 2.60. The third kappa shape index (κ3) is 6.40. The third-order valence-electron chi connectivity index (χ3n) is 5.56. The first kappa shape index (κ1) is 24.1. The lowest BCUT2D eigenvalue weighted by Gasteiger charge is -2.37. The molecule has 1 aliphatic heterocycles. The zero-order chi connectivity index (χ0) is 22.6. The van der Waals surface area contributed by atoms with E-state index in [2.05, 4.69) is 5.32 Å². The molecular weight excluding hydrogens is 393 g/mol. The Morgan fingerprint density at radius 3 is 2.23 bits per heavy atom. The minimum absolute atomic E-state index is 0.0582. The summed E-state index contributed by atoms with van der Waals surface area (Å²) in [5.74, 6) is -1.76. The van der Waals surface area contributed by atoms with Crippen LogP contribution in [0, 0.1) is 11.8 Å². The maximum atomic E-state index is 13.7. The minimum atomic E-state index is -1.18. The molecule has 3 atom stereocenters. The second-order valence-corrected chi connectivity index (χ2v) is 9.43. The second-order valence-electron chi connectivity index (χ2n) is 9.43. The van der Waals surface area contributed by atoms with E-state index in [1.54, 1.807) is 34.9 Å². The number of hydrogen-bond acceptors (Lipinski definition) is 5. The Morgan fingerprint density at radius 1 is 1.17 bits per heavy atom. The molecule has 3 amide bonds. The molecule has 30 heavy (non-hydrogen) atoms. The molecule has 0 aromatic carbocycles. The summed E-state index contributed by atoms with van der Waals surface area (Å²) in [4.78, 5) is 53.4. The Bertz CT molecular complexity index is 666. The molecule has 0 aromatic heterocycles. The Kier molecular flexibility index (Phi) is 7.82. The van der Waals surface area contributed by atoms with Crippen LogP contribution < -0.4 is 5.32 Å². The number of Topliss-reactive ketones (excluding diaryl/α,β-unsaturated/α-hetero) is 1. The summed E-state index contributed by atoms with van der Waals surface area (Å²) in [7, 11) is 3.18. The van der Waals surface area contributed by atoms with Gasteiger partial charge in [0.1, 0.15) is 23.6 Å². The van der Waals surface area contributed by atoms with E-state index >= 15 is 0 Å². The van der Waals surface area contributed by atoms with E-state index in [4.69, 9.17) is 4.74 Å². The van der Waals surface area contributed by atoms with Gasteiger partial charge in [-0.05, 0) is 46.0 Å². The van der Waals surface area contributed by atoms with Crippen LogP contribution in [0.1, 0.15) is 52.9 Å². The van der Waals surface area contributed by atoms with Gasteiger partial charge in [-0.3, -0.25) is 14.4 Å². The number of carbonyl (C=O) groups is 4.